The molecule has 1 heterocycles. The number of rotatable bonds is 4. The fourth-order valence-electron chi connectivity index (χ4n) is 2.20. The molecule has 6 heteroatoms. The number of halogens is 2. The standard InChI is InChI=1S/C17H20Cl2N4/c1-11-5-4-6-14(22-11)10-21-17(20-3)23-12(2)15-8-7-13(18)9-16(15)19/h4-9,12H,10H2,1-3H3,(H2,20,21,23). The van der Waals surface area contributed by atoms with Crippen LogP contribution in [-0.2, 0) is 6.54 Å². The number of guanidine groups is 1. The normalized spacial score (nSPS) is 12.8. The van der Waals surface area contributed by atoms with Crippen LogP contribution in [0, 0.1) is 6.92 Å². The van der Waals surface area contributed by atoms with E-state index in [1.165, 1.54) is 0 Å². The molecule has 0 aliphatic heterocycles. The number of nitrogens with zero attached hydrogens (tertiary/aromatic N) is 2. The van der Waals surface area contributed by atoms with Gasteiger partial charge in [-0.25, -0.2) is 0 Å². The largest absolute Gasteiger partial charge is 0.351 e. The van der Waals surface area contributed by atoms with Crippen molar-refractivity contribution in [2.24, 2.45) is 4.99 Å². The maximum atomic E-state index is 6.25. The summed E-state index contributed by atoms with van der Waals surface area (Å²) in [6.07, 6.45) is 0. The zero-order valence-corrected chi connectivity index (χ0v) is 14.9. The van der Waals surface area contributed by atoms with Gasteiger partial charge in [0.2, 0.25) is 0 Å². The SMILES string of the molecule is CN=C(NCc1cccc(C)n1)NC(C)c1ccc(Cl)cc1Cl. The summed E-state index contributed by atoms with van der Waals surface area (Å²) in [4.78, 5) is 8.70. The Labute approximate surface area is 146 Å². The predicted octanol–water partition coefficient (Wildman–Crippen LogP) is 4.12. The van der Waals surface area contributed by atoms with Crippen molar-refractivity contribution in [3.8, 4) is 0 Å². The molecule has 2 N–H and O–H groups in total. The molecule has 4 nitrogen and oxygen atoms in total. The molecule has 1 aromatic heterocycles. The first-order valence-electron chi connectivity index (χ1n) is 7.34. The Kier molecular flexibility index (Phi) is 6.25. The first-order valence-corrected chi connectivity index (χ1v) is 8.10. The number of hydrogen-bond donors (Lipinski definition) is 2. The molecule has 0 amide bonds. The fourth-order valence-corrected chi connectivity index (χ4v) is 2.77. The van der Waals surface area contributed by atoms with E-state index in [-0.39, 0.29) is 6.04 Å². The van der Waals surface area contributed by atoms with Crippen molar-refractivity contribution in [3.63, 3.8) is 0 Å². The van der Waals surface area contributed by atoms with Crippen LogP contribution in [0.15, 0.2) is 41.4 Å². The number of benzene rings is 1. The van der Waals surface area contributed by atoms with Crippen LogP contribution in [-0.4, -0.2) is 18.0 Å². The molecule has 0 saturated heterocycles. The molecule has 1 aromatic carbocycles. The Morgan fingerprint density at radius 1 is 1.26 bits per heavy atom. The van der Waals surface area contributed by atoms with Crippen molar-refractivity contribution in [2.75, 3.05) is 7.05 Å². The highest BCUT2D eigenvalue weighted by molar-refractivity contribution is 6.35. The van der Waals surface area contributed by atoms with Gasteiger partial charge in [0, 0.05) is 22.8 Å². The summed E-state index contributed by atoms with van der Waals surface area (Å²) in [6, 6.07) is 11.4. The monoisotopic (exact) mass is 350 g/mol. The molecule has 0 aliphatic carbocycles. The highest BCUT2D eigenvalue weighted by Gasteiger charge is 2.11. The highest BCUT2D eigenvalue weighted by atomic mass is 35.5. The van der Waals surface area contributed by atoms with E-state index in [1.54, 1.807) is 13.1 Å². The Hall–Kier alpha value is -1.78. The number of aryl methyl sites for hydroxylation is 1. The molecule has 1 atom stereocenters. The van der Waals surface area contributed by atoms with E-state index in [1.807, 2.05) is 44.2 Å². The van der Waals surface area contributed by atoms with Crippen LogP contribution in [0.25, 0.3) is 0 Å². The van der Waals surface area contributed by atoms with Gasteiger partial charge in [-0.05, 0) is 43.7 Å². The molecule has 1 unspecified atom stereocenters. The summed E-state index contributed by atoms with van der Waals surface area (Å²) in [7, 11) is 1.73. The van der Waals surface area contributed by atoms with Crippen molar-refractivity contribution in [1.82, 2.24) is 15.6 Å². The van der Waals surface area contributed by atoms with Crippen molar-refractivity contribution >= 4 is 29.2 Å². The van der Waals surface area contributed by atoms with E-state index >= 15 is 0 Å². The van der Waals surface area contributed by atoms with Gasteiger partial charge in [0.1, 0.15) is 0 Å². The van der Waals surface area contributed by atoms with Crippen LogP contribution in [0.1, 0.15) is 29.9 Å². The molecule has 122 valence electrons. The molecule has 2 rings (SSSR count). The number of nitrogens with one attached hydrogen (secondary N) is 2. The van der Waals surface area contributed by atoms with Gasteiger partial charge in [-0.2, -0.15) is 0 Å². The van der Waals surface area contributed by atoms with Crippen molar-refractivity contribution < 1.29 is 0 Å². The third kappa shape index (κ3) is 5.12. The second kappa shape index (κ2) is 8.18. The fraction of sp³-hybridized carbons (Fsp3) is 0.294. The van der Waals surface area contributed by atoms with Crippen LogP contribution in [0.4, 0.5) is 0 Å². The first-order chi connectivity index (χ1) is 11.0. The molecule has 0 bridgehead atoms. The lowest BCUT2D eigenvalue weighted by Crippen LogP contribution is -2.38. The third-order valence-electron chi connectivity index (χ3n) is 3.39. The third-order valence-corrected chi connectivity index (χ3v) is 3.95. The maximum Gasteiger partial charge on any atom is 0.191 e. The predicted molar refractivity (Wildman–Crippen MR) is 97.2 cm³/mol. The minimum absolute atomic E-state index is 0.00330. The van der Waals surface area contributed by atoms with Crippen LogP contribution in [0.5, 0.6) is 0 Å². The number of aliphatic imine (C=N–C) groups is 1. The van der Waals surface area contributed by atoms with Crippen LogP contribution < -0.4 is 10.6 Å². The average Bonchev–Trinajstić information content (AvgIpc) is 2.51. The van der Waals surface area contributed by atoms with Gasteiger partial charge < -0.3 is 10.6 Å². The molecule has 0 radical (unpaired) electrons. The topological polar surface area (TPSA) is 49.3 Å². The van der Waals surface area contributed by atoms with Gasteiger partial charge in [-0.15, -0.1) is 0 Å². The minimum Gasteiger partial charge on any atom is -0.351 e. The quantitative estimate of drug-likeness (QED) is 0.643. The van der Waals surface area contributed by atoms with Crippen molar-refractivity contribution in [2.45, 2.75) is 26.4 Å². The molecular weight excluding hydrogens is 331 g/mol. The summed E-state index contributed by atoms with van der Waals surface area (Å²) < 4.78 is 0. The number of hydrogen-bond acceptors (Lipinski definition) is 2. The van der Waals surface area contributed by atoms with Gasteiger partial charge in [0.25, 0.3) is 0 Å². The second-order valence-electron chi connectivity index (χ2n) is 5.23. The summed E-state index contributed by atoms with van der Waals surface area (Å²) in [5.74, 6) is 0.687. The summed E-state index contributed by atoms with van der Waals surface area (Å²) in [5.41, 5.74) is 2.92. The smallest absolute Gasteiger partial charge is 0.191 e. The van der Waals surface area contributed by atoms with E-state index in [2.05, 4.69) is 20.6 Å². The van der Waals surface area contributed by atoms with Gasteiger partial charge in [-0.1, -0.05) is 35.3 Å². The lowest BCUT2D eigenvalue weighted by atomic mass is 10.1. The lowest BCUT2D eigenvalue weighted by molar-refractivity contribution is 0.682. The molecule has 0 aliphatic rings. The van der Waals surface area contributed by atoms with Crippen molar-refractivity contribution in [1.29, 1.82) is 0 Å². The van der Waals surface area contributed by atoms with E-state index in [0.717, 1.165) is 17.0 Å². The zero-order chi connectivity index (χ0) is 16.8. The zero-order valence-electron chi connectivity index (χ0n) is 13.4. The number of aromatic nitrogens is 1. The summed E-state index contributed by atoms with van der Waals surface area (Å²) >= 11 is 12.2. The van der Waals surface area contributed by atoms with E-state index < -0.39 is 0 Å². The van der Waals surface area contributed by atoms with Crippen LogP contribution in [0.3, 0.4) is 0 Å². The Bertz CT molecular complexity index is 701. The van der Waals surface area contributed by atoms with Gasteiger partial charge in [0.05, 0.1) is 18.3 Å². The maximum absolute atomic E-state index is 6.25. The second-order valence-corrected chi connectivity index (χ2v) is 6.07. The van der Waals surface area contributed by atoms with Crippen LogP contribution >= 0.6 is 23.2 Å². The van der Waals surface area contributed by atoms with Gasteiger partial charge in [0.15, 0.2) is 5.96 Å². The van der Waals surface area contributed by atoms with E-state index in [9.17, 15) is 0 Å². The van der Waals surface area contributed by atoms with E-state index in [0.29, 0.717) is 22.5 Å². The molecule has 0 saturated carbocycles. The average molecular weight is 351 g/mol. The first kappa shape index (κ1) is 17.6. The molecule has 23 heavy (non-hydrogen) atoms. The minimum atomic E-state index is -0.00330. The summed E-state index contributed by atoms with van der Waals surface area (Å²) in [5, 5.41) is 7.82. The van der Waals surface area contributed by atoms with Crippen LogP contribution in [0.2, 0.25) is 10.0 Å². The molecule has 0 spiro atoms. The molecule has 2 aromatic rings. The Morgan fingerprint density at radius 3 is 2.70 bits per heavy atom. The Morgan fingerprint density at radius 2 is 2.04 bits per heavy atom. The molecule has 0 fully saturated rings. The summed E-state index contributed by atoms with van der Waals surface area (Å²) in [6.45, 7) is 4.59. The molecular formula is C17H20Cl2N4. The lowest BCUT2D eigenvalue weighted by Gasteiger charge is -2.19. The van der Waals surface area contributed by atoms with Gasteiger partial charge in [-0.3, -0.25) is 9.98 Å². The highest BCUT2D eigenvalue weighted by Crippen LogP contribution is 2.25. The van der Waals surface area contributed by atoms with E-state index in [4.69, 9.17) is 23.2 Å². The van der Waals surface area contributed by atoms with Gasteiger partial charge >= 0.3 is 0 Å². The Balaban J connectivity index is 1.99. The number of pyridine rings is 1. The van der Waals surface area contributed by atoms with Crippen molar-refractivity contribution in [3.05, 3.63) is 63.4 Å².